The lowest BCUT2D eigenvalue weighted by molar-refractivity contribution is -0.145. The van der Waals surface area contributed by atoms with Crippen LogP contribution in [0.4, 0.5) is 13.2 Å². The average Bonchev–Trinajstić information content (AvgIpc) is 3.25. The van der Waals surface area contributed by atoms with Gasteiger partial charge in [-0.05, 0) is 31.0 Å². The van der Waals surface area contributed by atoms with Crippen molar-refractivity contribution in [3.05, 3.63) is 48.2 Å². The van der Waals surface area contributed by atoms with E-state index in [1.54, 1.807) is 12.3 Å². The van der Waals surface area contributed by atoms with Gasteiger partial charge in [0.25, 0.3) is 0 Å². The summed E-state index contributed by atoms with van der Waals surface area (Å²) < 4.78 is 39.7. The molecular formula is C15H11F3N4. The van der Waals surface area contributed by atoms with Gasteiger partial charge in [0.2, 0.25) is 5.82 Å². The van der Waals surface area contributed by atoms with Crippen LogP contribution in [0, 0.1) is 0 Å². The molecule has 1 saturated carbocycles. The van der Waals surface area contributed by atoms with Crippen molar-refractivity contribution in [2.75, 3.05) is 0 Å². The van der Waals surface area contributed by atoms with Crippen LogP contribution in [0.25, 0.3) is 16.8 Å². The van der Waals surface area contributed by atoms with Crippen molar-refractivity contribution >= 4 is 5.65 Å². The Balaban J connectivity index is 1.77. The maximum atomic E-state index is 12.9. The molecule has 0 aliphatic heterocycles. The van der Waals surface area contributed by atoms with Gasteiger partial charge in [-0.3, -0.25) is 9.38 Å². The van der Waals surface area contributed by atoms with E-state index in [-0.39, 0.29) is 5.65 Å². The minimum absolute atomic E-state index is 0.165. The molecule has 3 heterocycles. The first-order valence-corrected chi connectivity index (χ1v) is 6.91. The fraction of sp³-hybridized carbons (Fsp3) is 0.267. The topological polar surface area (TPSA) is 43.1 Å². The van der Waals surface area contributed by atoms with Crippen LogP contribution in [0.15, 0.2) is 36.7 Å². The average molecular weight is 304 g/mol. The van der Waals surface area contributed by atoms with Crippen molar-refractivity contribution < 1.29 is 13.2 Å². The van der Waals surface area contributed by atoms with E-state index in [1.165, 1.54) is 12.3 Å². The molecular weight excluding hydrogens is 293 g/mol. The molecule has 1 aliphatic rings. The highest BCUT2D eigenvalue weighted by Gasteiger charge is 2.36. The highest BCUT2D eigenvalue weighted by molar-refractivity contribution is 5.64. The molecule has 1 fully saturated rings. The summed E-state index contributed by atoms with van der Waals surface area (Å²) in [7, 11) is 0. The monoisotopic (exact) mass is 304 g/mol. The summed E-state index contributed by atoms with van der Waals surface area (Å²) in [6.45, 7) is 0. The molecule has 0 bridgehead atoms. The molecule has 4 nitrogen and oxygen atoms in total. The molecule has 112 valence electrons. The smallest absolute Gasteiger partial charge is 0.278 e. The van der Waals surface area contributed by atoms with Gasteiger partial charge in [-0.25, -0.2) is 0 Å². The number of rotatable bonds is 2. The quantitative estimate of drug-likeness (QED) is 0.725. The van der Waals surface area contributed by atoms with Gasteiger partial charge in [0.05, 0.1) is 0 Å². The summed E-state index contributed by atoms with van der Waals surface area (Å²) in [5, 5.41) is 6.76. The molecule has 7 heteroatoms. The first kappa shape index (κ1) is 13.2. The zero-order valence-electron chi connectivity index (χ0n) is 11.4. The van der Waals surface area contributed by atoms with Crippen LogP contribution in [0.1, 0.15) is 30.3 Å². The van der Waals surface area contributed by atoms with E-state index >= 15 is 0 Å². The van der Waals surface area contributed by atoms with Gasteiger partial charge in [0.15, 0.2) is 5.65 Å². The van der Waals surface area contributed by atoms with Crippen molar-refractivity contribution in [3.8, 4) is 11.1 Å². The second kappa shape index (κ2) is 4.53. The minimum atomic E-state index is -4.54. The Bertz CT molecular complexity index is 832. The molecule has 22 heavy (non-hydrogen) atoms. The highest BCUT2D eigenvalue weighted by Crippen LogP contribution is 2.39. The van der Waals surface area contributed by atoms with Crippen LogP contribution in [0.2, 0.25) is 0 Å². The number of hydrogen-bond donors (Lipinski definition) is 0. The van der Waals surface area contributed by atoms with Crippen molar-refractivity contribution in [1.82, 2.24) is 19.6 Å². The van der Waals surface area contributed by atoms with Crippen LogP contribution in [0.3, 0.4) is 0 Å². The van der Waals surface area contributed by atoms with Gasteiger partial charge >= 0.3 is 6.18 Å². The summed E-state index contributed by atoms with van der Waals surface area (Å²) >= 11 is 0. The van der Waals surface area contributed by atoms with E-state index in [0.717, 1.165) is 28.5 Å². The molecule has 1 aliphatic carbocycles. The number of hydrogen-bond acceptors (Lipinski definition) is 3. The molecule has 0 aromatic carbocycles. The van der Waals surface area contributed by atoms with Crippen LogP contribution in [-0.2, 0) is 6.18 Å². The molecule has 0 unspecified atom stereocenters. The lowest BCUT2D eigenvalue weighted by Crippen LogP contribution is -2.10. The fourth-order valence-corrected chi connectivity index (χ4v) is 2.45. The molecule has 0 N–H and O–H groups in total. The largest absolute Gasteiger partial charge is 0.452 e. The second-order valence-corrected chi connectivity index (χ2v) is 5.41. The molecule has 0 atom stereocenters. The molecule has 3 aromatic rings. The molecule has 3 aromatic heterocycles. The lowest BCUT2D eigenvalue weighted by Gasteiger charge is -2.07. The van der Waals surface area contributed by atoms with E-state index in [0.29, 0.717) is 11.5 Å². The third-order valence-corrected chi connectivity index (χ3v) is 3.77. The molecule has 0 spiro atoms. The summed E-state index contributed by atoms with van der Waals surface area (Å²) in [5.41, 5.74) is 2.63. The Morgan fingerprint density at radius 1 is 1.00 bits per heavy atom. The van der Waals surface area contributed by atoms with Crippen LogP contribution in [-0.4, -0.2) is 19.6 Å². The third-order valence-electron chi connectivity index (χ3n) is 3.77. The van der Waals surface area contributed by atoms with E-state index < -0.39 is 12.0 Å². The minimum Gasteiger partial charge on any atom is -0.278 e. The zero-order valence-corrected chi connectivity index (χ0v) is 11.4. The van der Waals surface area contributed by atoms with Crippen LogP contribution in [0.5, 0.6) is 0 Å². The maximum absolute atomic E-state index is 12.9. The van der Waals surface area contributed by atoms with Gasteiger partial charge in [0.1, 0.15) is 0 Å². The normalized spacial score (nSPS) is 15.4. The van der Waals surface area contributed by atoms with Gasteiger partial charge in [-0.1, -0.05) is 6.07 Å². The van der Waals surface area contributed by atoms with E-state index in [1.807, 2.05) is 12.1 Å². The van der Waals surface area contributed by atoms with Crippen molar-refractivity contribution in [1.29, 1.82) is 0 Å². The molecule has 0 amide bonds. The lowest BCUT2D eigenvalue weighted by atomic mass is 10.1. The van der Waals surface area contributed by atoms with Crippen LogP contribution >= 0.6 is 0 Å². The van der Waals surface area contributed by atoms with E-state index in [9.17, 15) is 13.2 Å². The van der Waals surface area contributed by atoms with Crippen LogP contribution < -0.4 is 0 Å². The third kappa shape index (κ3) is 2.22. The van der Waals surface area contributed by atoms with Gasteiger partial charge < -0.3 is 0 Å². The van der Waals surface area contributed by atoms with E-state index in [2.05, 4.69) is 15.2 Å². The number of alkyl halides is 3. The van der Waals surface area contributed by atoms with Gasteiger partial charge in [-0.2, -0.15) is 13.2 Å². The zero-order chi connectivity index (χ0) is 15.3. The number of nitrogens with zero attached hydrogens (tertiary/aromatic N) is 4. The highest BCUT2D eigenvalue weighted by atomic mass is 19.4. The number of halogens is 3. The van der Waals surface area contributed by atoms with Gasteiger partial charge in [-0.15, -0.1) is 10.2 Å². The number of pyridine rings is 2. The number of aromatic nitrogens is 4. The van der Waals surface area contributed by atoms with Crippen molar-refractivity contribution in [3.63, 3.8) is 0 Å². The summed E-state index contributed by atoms with van der Waals surface area (Å²) in [4.78, 5) is 4.39. The molecule has 0 saturated heterocycles. The SMILES string of the molecule is FC(F)(F)c1nnc2ccc(-c3ccc(C4CC4)nc3)cn12. The first-order valence-electron chi connectivity index (χ1n) is 6.91. The molecule has 0 radical (unpaired) electrons. The van der Waals surface area contributed by atoms with Crippen molar-refractivity contribution in [2.45, 2.75) is 24.9 Å². The summed E-state index contributed by atoms with van der Waals surface area (Å²) in [5.74, 6) is -0.474. The predicted octanol–water partition coefficient (Wildman–Crippen LogP) is 3.69. The predicted molar refractivity (Wildman–Crippen MR) is 73.2 cm³/mol. The fourth-order valence-electron chi connectivity index (χ4n) is 2.45. The Hall–Kier alpha value is -2.44. The maximum Gasteiger partial charge on any atom is 0.452 e. The number of fused-ring (bicyclic) bond motifs is 1. The summed E-state index contributed by atoms with van der Waals surface area (Å²) in [6.07, 6.45) is 0.881. The standard InChI is InChI=1S/C15H11F3N4/c16-15(17,18)14-21-20-13-6-4-11(8-22(13)14)10-3-5-12(19-7-10)9-1-2-9/h3-9H,1-2H2. The Labute approximate surface area is 123 Å². The van der Waals surface area contributed by atoms with Crippen molar-refractivity contribution in [2.24, 2.45) is 0 Å². The second-order valence-electron chi connectivity index (χ2n) is 5.41. The Morgan fingerprint density at radius 2 is 1.77 bits per heavy atom. The van der Waals surface area contributed by atoms with Gasteiger partial charge in [0, 0.05) is 35.1 Å². The molecule has 4 rings (SSSR count). The Morgan fingerprint density at radius 3 is 2.41 bits per heavy atom. The van der Waals surface area contributed by atoms with E-state index in [4.69, 9.17) is 0 Å². The first-order chi connectivity index (χ1) is 10.5. The Kier molecular flexibility index (Phi) is 2.72. The summed E-state index contributed by atoms with van der Waals surface area (Å²) in [6, 6.07) is 7.07.